The Hall–Kier alpha value is -2.57. The molecule has 1 saturated heterocycles. The van der Waals surface area contributed by atoms with Crippen LogP contribution in [-0.4, -0.2) is 74.0 Å². The van der Waals surface area contributed by atoms with Crippen molar-refractivity contribution < 1.29 is 28.9 Å². The van der Waals surface area contributed by atoms with Crippen molar-refractivity contribution >= 4 is 29.0 Å². The number of amides is 1. The fraction of sp³-hybridized carbons (Fsp3) is 0.600. The predicted molar refractivity (Wildman–Crippen MR) is 92.0 cm³/mol. The minimum absolute atomic E-state index is 0.0788. The van der Waals surface area contributed by atoms with E-state index in [0.29, 0.717) is 11.3 Å². The summed E-state index contributed by atoms with van der Waals surface area (Å²) in [6.45, 7) is 2.44. The number of hydrogen-bond donors (Lipinski definition) is 4. The molecule has 4 atom stereocenters. The van der Waals surface area contributed by atoms with E-state index in [1.807, 2.05) is 0 Å². The molecule has 1 aliphatic heterocycles. The van der Waals surface area contributed by atoms with Crippen LogP contribution in [0.15, 0.2) is 6.33 Å². The summed E-state index contributed by atoms with van der Waals surface area (Å²) in [5.41, 5.74) is -1.73. The van der Waals surface area contributed by atoms with E-state index in [-0.39, 0.29) is 18.2 Å². The fourth-order valence-corrected chi connectivity index (χ4v) is 2.94. The Kier molecular flexibility index (Phi) is 5.13. The molecule has 0 spiro atoms. The van der Waals surface area contributed by atoms with E-state index >= 15 is 4.39 Å². The molecule has 1 aliphatic rings. The van der Waals surface area contributed by atoms with Crippen molar-refractivity contribution in [2.45, 2.75) is 38.0 Å². The van der Waals surface area contributed by atoms with Crippen molar-refractivity contribution in [3.05, 3.63) is 6.33 Å². The maximum absolute atomic E-state index is 15.1. The first-order chi connectivity index (χ1) is 12.8. The van der Waals surface area contributed by atoms with Gasteiger partial charge >= 0.3 is 6.09 Å². The Labute approximate surface area is 153 Å². The Balaban J connectivity index is 2.05. The van der Waals surface area contributed by atoms with Crippen LogP contribution in [0.4, 0.5) is 21.0 Å². The molecule has 0 bridgehead atoms. The molecule has 1 fully saturated rings. The van der Waals surface area contributed by atoms with Crippen LogP contribution >= 0.6 is 0 Å². The molecule has 2 aromatic rings. The van der Waals surface area contributed by atoms with Gasteiger partial charge in [0.15, 0.2) is 28.9 Å². The number of nitrogens with zero attached hydrogens (tertiary/aromatic N) is 4. The van der Waals surface area contributed by atoms with Gasteiger partial charge in [-0.1, -0.05) is 0 Å². The van der Waals surface area contributed by atoms with Crippen molar-refractivity contribution in [2.75, 3.05) is 30.9 Å². The molecule has 3 rings (SSSR count). The molecule has 0 saturated carbocycles. The first-order valence-electron chi connectivity index (χ1n) is 8.32. The lowest BCUT2D eigenvalue weighted by molar-refractivity contribution is -0.0566. The number of alkyl halides is 1. The first kappa shape index (κ1) is 19.2. The molecule has 27 heavy (non-hydrogen) atoms. The van der Waals surface area contributed by atoms with Gasteiger partial charge in [-0.05, 0) is 13.8 Å². The van der Waals surface area contributed by atoms with Crippen LogP contribution in [0.1, 0.15) is 20.1 Å². The second-order valence-corrected chi connectivity index (χ2v) is 6.12. The van der Waals surface area contributed by atoms with Crippen LogP contribution in [0, 0.1) is 0 Å². The summed E-state index contributed by atoms with van der Waals surface area (Å²) in [5.74, 6) is 0.216. The number of hydrogen-bond acceptors (Lipinski definition) is 9. The summed E-state index contributed by atoms with van der Waals surface area (Å²) in [6.07, 6.45) is -3.36. The summed E-state index contributed by atoms with van der Waals surface area (Å²) in [6, 6.07) is 0. The van der Waals surface area contributed by atoms with Crippen molar-refractivity contribution in [3.63, 3.8) is 0 Å². The highest BCUT2D eigenvalue weighted by Gasteiger charge is 2.55. The van der Waals surface area contributed by atoms with Crippen LogP contribution in [0.5, 0.6) is 0 Å². The fourth-order valence-electron chi connectivity index (χ4n) is 2.94. The number of ether oxygens (including phenoxy) is 2. The molecule has 0 radical (unpaired) electrons. The van der Waals surface area contributed by atoms with Gasteiger partial charge in [-0.25, -0.2) is 14.2 Å². The Morgan fingerprint density at radius 3 is 2.85 bits per heavy atom. The topological polar surface area (TPSA) is 144 Å². The molecule has 1 amide bonds. The number of carbonyl (C=O) groups is 1. The van der Waals surface area contributed by atoms with Gasteiger partial charge in [0, 0.05) is 7.05 Å². The largest absolute Gasteiger partial charge is 0.450 e. The predicted octanol–water partition coefficient (Wildman–Crippen LogP) is 0.415. The van der Waals surface area contributed by atoms with Gasteiger partial charge in [-0.3, -0.25) is 9.88 Å². The van der Waals surface area contributed by atoms with Crippen LogP contribution in [0.2, 0.25) is 0 Å². The minimum atomic E-state index is -2.21. The monoisotopic (exact) mass is 384 g/mol. The van der Waals surface area contributed by atoms with Crippen LogP contribution in [0.3, 0.4) is 0 Å². The summed E-state index contributed by atoms with van der Waals surface area (Å²) in [5, 5.41) is 24.6. The van der Waals surface area contributed by atoms with E-state index in [1.165, 1.54) is 17.8 Å². The third kappa shape index (κ3) is 3.26. The SMILES string of the molecule is CCOC(=O)Nc1nc(NC)c2ncn([C@@H]3O[C@H](CO)[C@@H](O)[C@@]3(C)F)c2n1. The Morgan fingerprint density at radius 1 is 1.52 bits per heavy atom. The zero-order valence-electron chi connectivity index (χ0n) is 15.0. The third-order valence-corrected chi connectivity index (χ3v) is 4.30. The summed E-state index contributed by atoms with van der Waals surface area (Å²) in [4.78, 5) is 24.2. The number of aliphatic hydroxyl groups is 2. The van der Waals surface area contributed by atoms with Gasteiger partial charge in [0.25, 0.3) is 0 Å². The molecular formula is C15H21FN6O5. The maximum Gasteiger partial charge on any atom is 0.414 e. The average Bonchev–Trinajstić information content (AvgIpc) is 3.13. The second-order valence-electron chi connectivity index (χ2n) is 6.12. The second kappa shape index (κ2) is 7.21. The van der Waals surface area contributed by atoms with Crippen molar-refractivity contribution in [1.82, 2.24) is 19.5 Å². The maximum atomic E-state index is 15.1. The lowest BCUT2D eigenvalue weighted by Crippen LogP contribution is -2.40. The standard InChI is InChI=1S/C15H21FN6O5/c1-4-26-14(25)21-13-19-10(17-3)8-11(20-13)22(6-18-8)12-15(2,16)9(24)7(5-23)27-12/h6-7,9,12,23-24H,4-5H2,1-3H3,(H2,17,19,20,21,25)/t7-,9-,12-,15-/m1/s1. The molecular weight excluding hydrogens is 363 g/mol. The molecule has 3 heterocycles. The van der Waals surface area contributed by atoms with Crippen LogP contribution in [-0.2, 0) is 9.47 Å². The smallest absolute Gasteiger partial charge is 0.414 e. The molecule has 148 valence electrons. The molecule has 0 aliphatic carbocycles. The summed E-state index contributed by atoms with van der Waals surface area (Å²) >= 11 is 0. The highest BCUT2D eigenvalue weighted by atomic mass is 19.1. The third-order valence-electron chi connectivity index (χ3n) is 4.30. The average molecular weight is 384 g/mol. The number of fused-ring (bicyclic) bond motifs is 1. The normalized spacial score (nSPS) is 27.7. The van der Waals surface area contributed by atoms with E-state index in [9.17, 15) is 15.0 Å². The number of nitrogens with one attached hydrogen (secondary N) is 2. The molecule has 4 N–H and O–H groups in total. The number of carbonyl (C=O) groups excluding carboxylic acids is 1. The van der Waals surface area contributed by atoms with Gasteiger partial charge < -0.3 is 25.0 Å². The van der Waals surface area contributed by atoms with Crippen molar-refractivity contribution in [1.29, 1.82) is 0 Å². The number of rotatable bonds is 5. The highest BCUT2D eigenvalue weighted by molar-refractivity contribution is 5.88. The lowest BCUT2D eigenvalue weighted by atomic mass is 9.98. The van der Waals surface area contributed by atoms with E-state index in [2.05, 4.69) is 25.6 Å². The van der Waals surface area contributed by atoms with E-state index in [0.717, 1.165) is 0 Å². The van der Waals surface area contributed by atoms with E-state index in [4.69, 9.17) is 9.47 Å². The Morgan fingerprint density at radius 2 is 2.26 bits per heavy atom. The first-order valence-corrected chi connectivity index (χ1v) is 8.32. The quantitative estimate of drug-likeness (QED) is 0.576. The molecule has 2 aromatic heterocycles. The van der Waals surface area contributed by atoms with Crippen LogP contribution in [0.25, 0.3) is 11.2 Å². The van der Waals surface area contributed by atoms with Gasteiger partial charge in [0.1, 0.15) is 12.2 Å². The van der Waals surface area contributed by atoms with E-state index in [1.54, 1.807) is 14.0 Å². The lowest BCUT2D eigenvalue weighted by Gasteiger charge is -2.24. The number of aromatic nitrogens is 4. The van der Waals surface area contributed by atoms with Crippen LogP contribution < -0.4 is 10.6 Å². The molecule has 12 heteroatoms. The number of aliphatic hydroxyl groups excluding tert-OH is 2. The van der Waals surface area contributed by atoms with Gasteiger partial charge in [-0.2, -0.15) is 9.97 Å². The van der Waals surface area contributed by atoms with Gasteiger partial charge in [0.05, 0.1) is 19.5 Å². The summed E-state index contributed by atoms with van der Waals surface area (Å²) in [7, 11) is 1.60. The van der Waals surface area contributed by atoms with E-state index < -0.39 is 36.8 Å². The highest BCUT2D eigenvalue weighted by Crippen LogP contribution is 2.42. The number of anilines is 2. The molecule has 11 nitrogen and oxygen atoms in total. The van der Waals surface area contributed by atoms with Gasteiger partial charge in [-0.15, -0.1) is 0 Å². The van der Waals surface area contributed by atoms with Crippen molar-refractivity contribution in [2.24, 2.45) is 0 Å². The molecule has 0 unspecified atom stereocenters. The Bertz CT molecular complexity index is 843. The zero-order chi connectivity index (χ0) is 19.8. The zero-order valence-corrected chi connectivity index (χ0v) is 15.0. The van der Waals surface area contributed by atoms with Gasteiger partial charge in [0.2, 0.25) is 5.95 Å². The number of halogens is 1. The summed E-state index contributed by atoms with van der Waals surface area (Å²) < 4.78 is 26.7. The van der Waals surface area contributed by atoms with Crippen molar-refractivity contribution in [3.8, 4) is 0 Å². The molecule has 0 aromatic carbocycles. The number of imidazole rings is 1. The minimum Gasteiger partial charge on any atom is -0.450 e.